The summed E-state index contributed by atoms with van der Waals surface area (Å²) in [5.41, 5.74) is 1.88. The maximum absolute atomic E-state index is 8.65. The third-order valence-corrected chi connectivity index (χ3v) is 3.77. The van der Waals surface area contributed by atoms with Crippen molar-refractivity contribution in [3.8, 4) is 6.07 Å². The van der Waals surface area contributed by atoms with Crippen LogP contribution in [0.2, 0.25) is 5.28 Å². The van der Waals surface area contributed by atoms with Gasteiger partial charge in [0, 0.05) is 5.69 Å². The molecule has 1 N–H and O–H groups in total. The van der Waals surface area contributed by atoms with Crippen LogP contribution < -0.4 is 5.32 Å². The van der Waals surface area contributed by atoms with Gasteiger partial charge in [-0.05, 0) is 40.7 Å². The predicted molar refractivity (Wildman–Crippen MR) is 81.5 cm³/mol. The number of thiophene rings is 1. The van der Waals surface area contributed by atoms with E-state index in [0.29, 0.717) is 12.2 Å². The fraction of sp³-hybridized carbons (Fsp3) is 0.0714. The number of nitrogens with one attached hydrogen (secondary N) is 1. The Hall–Kier alpha value is -2.16. The van der Waals surface area contributed by atoms with Crippen LogP contribution in [0, 0.1) is 11.3 Å². The Morgan fingerprint density at radius 1 is 1.20 bits per heavy atom. The summed E-state index contributed by atoms with van der Waals surface area (Å²) in [7, 11) is 0. The van der Waals surface area contributed by atoms with E-state index in [0.717, 1.165) is 21.5 Å². The summed E-state index contributed by atoms with van der Waals surface area (Å²) in [4.78, 5) is 9.25. The molecule has 0 amide bonds. The van der Waals surface area contributed by atoms with E-state index >= 15 is 0 Å². The van der Waals surface area contributed by atoms with E-state index in [9.17, 15) is 0 Å². The topological polar surface area (TPSA) is 61.6 Å². The van der Waals surface area contributed by atoms with E-state index in [1.165, 1.54) is 11.3 Å². The largest absolute Gasteiger partial charge is 0.340 e. The molecule has 0 spiro atoms. The number of halogens is 1. The SMILES string of the molecule is N#CCc1ccc(Nc2nc(Cl)nc3sccc23)cc1. The highest BCUT2D eigenvalue weighted by Crippen LogP contribution is 2.28. The van der Waals surface area contributed by atoms with E-state index in [-0.39, 0.29) is 5.28 Å². The Morgan fingerprint density at radius 2 is 2.00 bits per heavy atom. The van der Waals surface area contributed by atoms with E-state index in [2.05, 4.69) is 21.4 Å². The Kier molecular flexibility index (Phi) is 3.50. The van der Waals surface area contributed by atoms with Gasteiger partial charge in [0.2, 0.25) is 5.28 Å². The lowest BCUT2D eigenvalue weighted by molar-refractivity contribution is 1.22. The number of nitriles is 1. The molecule has 0 unspecified atom stereocenters. The lowest BCUT2D eigenvalue weighted by Crippen LogP contribution is -1.96. The first kappa shape index (κ1) is 12.9. The number of hydrogen-bond acceptors (Lipinski definition) is 5. The zero-order valence-electron chi connectivity index (χ0n) is 10.3. The molecule has 0 aliphatic heterocycles. The van der Waals surface area contributed by atoms with E-state index in [1.54, 1.807) is 0 Å². The molecule has 2 aromatic heterocycles. The molecule has 6 heteroatoms. The van der Waals surface area contributed by atoms with E-state index in [4.69, 9.17) is 16.9 Å². The van der Waals surface area contributed by atoms with Crippen LogP contribution in [0.1, 0.15) is 5.56 Å². The molecule has 4 nitrogen and oxygen atoms in total. The smallest absolute Gasteiger partial charge is 0.225 e. The number of nitrogens with zero attached hydrogens (tertiary/aromatic N) is 3. The summed E-state index contributed by atoms with van der Waals surface area (Å²) < 4.78 is 0. The van der Waals surface area contributed by atoms with Crippen LogP contribution in [0.25, 0.3) is 10.2 Å². The summed E-state index contributed by atoms with van der Waals surface area (Å²) in [5, 5.41) is 15.0. The molecule has 3 aromatic rings. The first-order valence-electron chi connectivity index (χ1n) is 5.90. The van der Waals surface area contributed by atoms with Gasteiger partial charge >= 0.3 is 0 Å². The Labute approximate surface area is 124 Å². The van der Waals surface area contributed by atoms with Crippen LogP contribution in [0.15, 0.2) is 35.7 Å². The van der Waals surface area contributed by atoms with Crippen LogP contribution in [0.4, 0.5) is 11.5 Å². The average molecular weight is 301 g/mol. The summed E-state index contributed by atoms with van der Waals surface area (Å²) in [6.07, 6.45) is 0.411. The predicted octanol–water partition coefficient (Wildman–Crippen LogP) is 4.15. The lowest BCUT2D eigenvalue weighted by Gasteiger charge is -2.07. The molecule has 0 saturated carbocycles. The van der Waals surface area contributed by atoms with Crippen LogP contribution in [-0.4, -0.2) is 9.97 Å². The fourth-order valence-corrected chi connectivity index (χ4v) is 2.84. The number of benzene rings is 1. The van der Waals surface area contributed by atoms with Crippen molar-refractivity contribution in [1.29, 1.82) is 5.26 Å². The molecular weight excluding hydrogens is 292 g/mol. The highest BCUT2D eigenvalue weighted by atomic mass is 35.5. The third-order valence-electron chi connectivity index (χ3n) is 2.80. The standard InChI is InChI=1S/C14H9ClN4S/c15-14-18-12(11-6-8-20-13(11)19-14)17-10-3-1-9(2-4-10)5-7-16/h1-4,6,8H,5H2,(H,17,18,19). The third kappa shape index (κ3) is 2.57. The Bertz CT molecular complexity index is 789. The Balaban J connectivity index is 1.93. The minimum Gasteiger partial charge on any atom is -0.340 e. The molecule has 2 heterocycles. The molecule has 1 aromatic carbocycles. The van der Waals surface area contributed by atoms with Gasteiger partial charge in [0.15, 0.2) is 0 Å². The Morgan fingerprint density at radius 3 is 2.75 bits per heavy atom. The summed E-state index contributed by atoms with van der Waals surface area (Å²) in [6, 6.07) is 11.8. The normalized spacial score (nSPS) is 10.4. The summed E-state index contributed by atoms with van der Waals surface area (Å²) in [5.74, 6) is 0.689. The first-order chi connectivity index (χ1) is 9.76. The fourth-order valence-electron chi connectivity index (χ4n) is 1.86. The highest BCUT2D eigenvalue weighted by molar-refractivity contribution is 7.16. The minimum absolute atomic E-state index is 0.226. The van der Waals surface area contributed by atoms with Crippen molar-refractivity contribution < 1.29 is 0 Å². The maximum Gasteiger partial charge on any atom is 0.225 e. The lowest BCUT2D eigenvalue weighted by atomic mass is 10.1. The number of anilines is 2. The van der Waals surface area contributed by atoms with Crippen LogP contribution >= 0.6 is 22.9 Å². The zero-order chi connectivity index (χ0) is 13.9. The molecule has 0 fully saturated rings. The molecule has 0 atom stereocenters. The molecule has 3 rings (SSSR count). The van der Waals surface area contributed by atoms with Gasteiger partial charge in [0.25, 0.3) is 0 Å². The average Bonchev–Trinajstić information content (AvgIpc) is 2.89. The zero-order valence-corrected chi connectivity index (χ0v) is 11.9. The van der Waals surface area contributed by atoms with E-state index < -0.39 is 0 Å². The second-order valence-corrected chi connectivity index (χ2v) is 5.37. The molecular formula is C14H9ClN4S. The van der Waals surface area contributed by atoms with Crippen molar-refractivity contribution in [2.45, 2.75) is 6.42 Å². The first-order valence-corrected chi connectivity index (χ1v) is 7.15. The van der Waals surface area contributed by atoms with Crippen molar-refractivity contribution in [3.05, 3.63) is 46.6 Å². The van der Waals surface area contributed by atoms with Crippen molar-refractivity contribution >= 4 is 44.7 Å². The molecule has 0 radical (unpaired) electrons. The van der Waals surface area contributed by atoms with Crippen molar-refractivity contribution in [2.24, 2.45) is 0 Å². The van der Waals surface area contributed by atoms with Crippen LogP contribution in [0.5, 0.6) is 0 Å². The van der Waals surface area contributed by atoms with Gasteiger partial charge in [-0.15, -0.1) is 11.3 Å². The number of rotatable bonds is 3. The molecule has 0 saturated heterocycles. The number of hydrogen-bond donors (Lipinski definition) is 1. The van der Waals surface area contributed by atoms with Gasteiger partial charge < -0.3 is 5.32 Å². The molecule has 98 valence electrons. The van der Waals surface area contributed by atoms with E-state index in [1.807, 2.05) is 35.7 Å². The quantitative estimate of drug-likeness (QED) is 0.738. The summed E-state index contributed by atoms with van der Waals surface area (Å²) in [6.45, 7) is 0. The van der Waals surface area contributed by atoms with Crippen LogP contribution in [-0.2, 0) is 6.42 Å². The van der Waals surface area contributed by atoms with Gasteiger partial charge in [0.1, 0.15) is 10.6 Å². The maximum atomic E-state index is 8.65. The monoisotopic (exact) mass is 300 g/mol. The molecule has 20 heavy (non-hydrogen) atoms. The number of fused-ring (bicyclic) bond motifs is 1. The minimum atomic E-state index is 0.226. The van der Waals surface area contributed by atoms with Gasteiger partial charge in [-0.25, -0.2) is 4.98 Å². The van der Waals surface area contributed by atoms with Crippen molar-refractivity contribution in [2.75, 3.05) is 5.32 Å². The number of aromatic nitrogens is 2. The van der Waals surface area contributed by atoms with Crippen LogP contribution in [0.3, 0.4) is 0 Å². The van der Waals surface area contributed by atoms with Gasteiger partial charge in [-0.1, -0.05) is 12.1 Å². The second kappa shape index (κ2) is 5.45. The van der Waals surface area contributed by atoms with Crippen molar-refractivity contribution in [1.82, 2.24) is 9.97 Å². The van der Waals surface area contributed by atoms with Gasteiger partial charge in [0.05, 0.1) is 17.9 Å². The molecule has 0 aliphatic rings. The highest BCUT2D eigenvalue weighted by Gasteiger charge is 2.08. The summed E-state index contributed by atoms with van der Waals surface area (Å²) >= 11 is 7.45. The molecule has 0 aliphatic carbocycles. The van der Waals surface area contributed by atoms with Gasteiger partial charge in [-0.2, -0.15) is 10.2 Å². The molecule has 0 bridgehead atoms. The van der Waals surface area contributed by atoms with Gasteiger partial charge in [-0.3, -0.25) is 0 Å². The second-order valence-electron chi connectivity index (χ2n) is 4.14. The van der Waals surface area contributed by atoms with Crippen molar-refractivity contribution in [3.63, 3.8) is 0 Å².